The van der Waals surface area contributed by atoms with Gasteiger partial charge in [0.25, 0.3) is 0 Å². The predicted octanol–water partition coefficient (Wildman–Crippen LogP) is -0.771. The summed E-state index contributed by atoms with van der Waals surface area (Å²) >= 11 is 5.77. The summed E-state index contributed by atoms with van der Waals surface area (Å²) in [5, 5.41) is 43.9. The van der Waals surface area contributed by atoms with E-state index < -0.39 is 74.7 Å². The molecule has 1 aromatic rings. The van der Waals surface area contributed by atoms with Gasteiger partial charge in [0.1, 0.15) is 6.10 Å². The molecule has 1 aromatic carbocycles. The largest absolute Gasteiger partial charge is 0.455 e. The zero-order valence-electron chi connectivity index (χ0n) is 18.5. The number of nitrogens with zero attached hydrogens (tertiary/aromatic N) is 1. The Bertz CT molecular complexity index is 1080. The van der Waals surface area contributed by atoms with Crippen LogP contribution in [0.4, 0.5) is 5.69 Å². The number of rotatable bonds is 8. The molecule has 34 heavy (non-hydrogen) atoms. The van der Waals surface area contributed by atoms with E-state index in [0.717, 1.165) is 26.0 Å². The van der Waals surface area contributed by atoms with Crippen LogP contribution in [-0.2, 0) is 23.9 Å². The number of aliphatic hydroxyl groups is 3. The Labute approximate surface area is 197 Å². The van der Waals surface area contributed by atoms with Crippen molar-refractivity contribution in [3.63, 3.8) is 0 Å². The second-order valence-corrected chi connectivity index (χ2v) is 8.36. The summed E-state index contributed by atoms with van der Waals surface area (Å²) < 4.78 is 10.8. The van der Waals surface area contributed by atoms with Crippen molar-refractivity contribution < 1.29 is 48.9 Å². The number of nitro groups is 1. The summed E-state index contributed by atoms with van der Waals surface area (Å²) in [6, 6.07) is 3.04. The van der Waals surface area contributed by atoms with Gasteiger partial charge in [-0.3, -0.25) is 29.3 Å². The highest BCUT2D eigenvalue weighted by Gasteiger charge is 2.79. The Morgan fingerprint density at radius 2 is 1.74 bits per heavy atom. The maximum atomic E-state index is 12.7. The quantitative estimate of drug-likeness (QED) is 0.254. The average Bonchev–Trinajstić information content (AvgIpc) is 2.73. The van der Waals surface area contributed by atoms with E-state index in [1.54, 1.807) is 0 Å². The molecular weight excluding hydrogens is 480 g/mol. The lowest BCUT2D eigenvalue weighted by atomic mass is 9.59. The number of ketones is 4. The molecule has 1 heterocycles. The first kappa shape index (κ1) is 27.4. The number of hydrogen-bond acceptors (Lipinski definition) is 12. The van der Waals surface area contributed by atoms with Crippen molar-refractivity contribution in [1.82, 2.24) is 0 Å². The number of halogens is 1. The van der Waals surface area contributed by atoms with Gasteiger partial charge < -0.3 is 30.5 Å². The van der Waals surface area contributed by atoms with E-state index in [2.05, 4.69) is 0 Å². The van der Waals surface area contributed by atoms with E-state index in [1.165, 1.54) is 6.07 Å². The molecule has 1 aliphatic heterocycles. The summed E-state index contributed by atoms with van der Waals surface area (Å²) in [4.78, 5) is 61.2. The summed E-state index contributed by atoms with van der Waals surface area (Å²) in [6.45, 7) is 3.12. The zero-order chi connectivity index (χ0) is 26.4. The first-order chi connectivity index (χ1) is 15.5. The molecule has 13 nitrogen and oxygen atoms in total. The van der Waals surface area contributed by atoms with Gasteiger partial charge in [0.15, 0.2) is 51.7 Å². The van der Waals surface area contributed by atoms with Crippen LogP contribution in [0.15, 0.2) is 18.2 Å². The van der Waals surface area contributed by atoms with Crippen molar-refractivity contribution in [3.8, 4) is 5.75 Å². The highest BCUT2D eigenvalue weighted by Crippen LogP contribution is 2.47. The van der Waals surface area contributed by atoms with Crippen molar-refractivity contribution in [2.24, 2.45) is 5.73 Å². The minimum Gasteiger partial charge on any atom is -0.455 e. The lowest BCUT2D eigenvalue weighted by Gasteiger charge is -2.57. The first-order valence-electron chi connectivity index (χ1n) is 9.72. The number of benzene rings is 1. The Kier molecular flexibility index (Phi) is 7.34. The lowest BCUT2D eigenvalue weighted by molar-refractivity contribution is -0.387. The van der Waals surface area contributed by atoms with Crippen LogP contribution < -0.4 is 10.5 Å². The number of aliphatic hydroxyl groups excluding tert-OH is 1. The monoisotopic (exact) mass is 502 g/mol. The van der Waals surface area contributed by atoms with E-state index in [0.29, 0.717) is 13.8 Å². The van der Waals surface area contributed by atoms with Crippen LogP contribution >= 0.6 is 11.6 Å². The summed E-state index contributed by atoms with van der Waals surface area (Å²) in [6.07, 6.45) is -6.70. The lowest BCUT2D eigenvalue weighted by Crippen LogP contribution is -2.90. The van der Waals surface area contributed by atoms with E-state index in [9.17, 15) is 44.6 Å². The third-order valence-electron chi connectivity index (χ3n) is 5.81. The normalized spacial score (nSPS) is 31.9. The van der Waals surface area contributed by atoms with Crippen molar-refractivity contribution >= 4 is 40.4 Å². The van der Waals surface area contributed by atoms with Crippen LogP contribution in [0.5, 0.6) is 5.75 Å². The fourth-order valence-electron chi connectivity index (χ4n) is 3.89. The van der Waals surface area contributed by atoms with Gasteiger partial charge in [-0.2, -0.15) is 0 Å². The van der Waals surface area contributed by atoms with E-state index in [4.69, 9.17) is 26.8 Å². The topological polar surface area (TPSA) is 217 Å². The molecule has 0 saturated carbocycles. The average molecular weight is 503 g/mol. The molecule has 1 aliphatic rings. The van der Waals surface area contributed by atoms with Crippen LogP contribution in [0.3, 0.4) is 0 Å². The van der Waals surface area contributed by atoms with Gasteiger partial charge in [-0.15, -0.1) is 0 Å². The second-order valence-electron chi connectivity index (χ2n) is 7.93. The molecule has 6 atom stereocenters. The highest BCUT2D eigenvalue weighted by atomic mass is 35.5. The molecular formula is C20H23ClN2O11. The Balaban J connectivity index is 2.88. The van der Waals surface area contributed by atoms with E-state index >= 15 is 0 Å². The minimum absolute atomic E-state index is 0.0671. The predicted molar refractivity (Wildman–Crippen MR) is 113 cm³/mol. The SMILES string of the molecule is CC(=O)[C@]1(O)[C@@](O)(C(C)=O)[C@@H](C(=O)C(C)O)O[C@@H](Oc2ccc(Cl)cc2[N+](=O)[O-])[C@@]1(N)C(C)=O. The van der Waals surface area contributed by atoms with Crippen molar-refractivity contribution in [2.45, 2.75) is 62.9 Å². The molecule has 0 spiro atoms. The molecule has 0 amide bonds. The van der Waals surface area contributed by atoms with Gasteiger partial charge in [-0.05, 0) is 39.8 Å². The summed E-state index contributed by atoms with van der Waals surface area (Å²) in [5.74, 6) is -6.03. The summed E-state index contributed by atoms with van der Waals surface area (Å²) in [7, 11) is 0. The van der Waals surface area contributed by atoms with Crippen molar-refractivity contribution in [1.29, 1.82) is 0 Å². The molecule has 1 unspecified atom stereocenters. The van der Waals surface area contributed by atoms with Gasteiger partial charge in [0.05, 0.1) is 4.92 Å². The first-order valence-corrected chi connectivity index (χ1v) is 10.1. The molecule has 0 aliphatic carbocycles. The van der Waals surface area contributed by atoms with Crippen LogP contribution in [0.1, 0.15) is 27.7 Å². The molecule has 0 radical (unpaired) electrons. The van der Waals surface area contributed by atoms with Crippen LogP contribution in [-0.4, -0.2) is 78.6 Å². The van der Waals surface area contributed by atoms with Crippen LogP contribution in [0.2, 0.25) is 5.02 Å². The fraction of sp³-hybridized carbons (Fsp3) is 0.500. The molecule has 1 saturated heterocycles. The summed E-state index contributed by atoms with van der Waals surface area (Å²) in [5.41, 5.74) is -4.65. The molecule has 5 N–H and O–H groups in total. The number of Topliss-reactive ketones (excluding diaryl/α,β-unsaturated/α-hetero) is 4. The minimum atomic E-state index is -3.53. The van der Waals surface area contributed by atoms with Gasteiger partial charge in [-0.1, -0.05) is 11.6 Å². The number of carbonyl (C=O) groups is 4. The van der Waals surface area contributed by atoms with E-state index in [-0.39, 0.29) is 5.02 Å². The fourth-order valence-corrected chi connectivity index (χ4v) is 4.05. The second kappa shape index (κ2) is 9.09. The molecule has 0 bridgehead atoms. The molecule has 2 rings (SSSR count). The van der Waals surface area contributed by atoms with Gasteiger partial charge in [0.2, 0.25) is 6.29 Å². The van der Waals surface area contributed by atoms with Crippen LogP contribution in [0.25, 0.3) is 0 Å². The van der Waals surface area contributed by atoms with Gasteiger partial charge in [-0.25, -0.2) is 0 Å². The molecule has 0 aromatic heterocycles. The van der Waals surface area contributed by atoms with Crippen molar-refractivity contribution in [2.75, 3.05) is 0 Å². The van der Waals surface area contributed by atoms with Crippen LogP contribution in [0, 0.1) is 10.1 Å². The van der Waals surface area contributed by atoms with Gasteiger partial charge >= 0.3 is 5.69 Å². The maximum Gasteiger partial charge on any atom is 0.312 e. The Hall–Kier alpha value is -2.81. The Morgan fingerprint density at radius 3 is 2.15 bits per heavy atom. The smallest absolute Gasteiger partial charge is 0.312 e. The molecule has 1 fully saturated rings. The third-order valence-corrected chi connectivity index (χ3v) is 6.05. The standard InChI is InChI=1S/C20H23ClN2O11/c1-8(24)15(28)16-19(29,10(3)26)20(30,11(4)27)18(22,9(2)25)17(34-16)33-14-6-5-12(21)7-13(14)23(31)32/h5-8,16-17,24,29-30H,22H2,1-4H3/t8?,16-,17-,18+,19-,20-/m1/s1. The number of ether oxygens (including phenoxy) is 2. The van der Waals surface area contributed by atoms with Gasteiger partial charge in [0, 0.05) is 11.1 Å². The number of nitro benzene ring substituents is 1. The maximum absolute atomic E-state index is 12.7. The number of nitrogens with two attached hydrogens (primary N) is 1. The number of hydrogen-bond donors (Lipinski definition) is 4. The van der Waals surface area contributed by atoms with E-state index in [1.807, 2.05) is 0 Å². The van der Waals surface area contributed by atoms with Crippen molar-refractivity contribution in [3.05, 3.63) is 33.3 Å². The zero-order valence-corrected chi connectivity index (χ0v) is 19.2. The Morgan fingerprint density at radius 1 is 1.18 bits per heavy atom. The highest BCUT2D eigenvalue weighted by molar-refractivity contribution is 6.30. The molecule has 186 valence electrons. The molecule has 14 heteroatoms. The number of carbonyl (C=O) groups excluding carboxylic acids is 4. The third kappa shape index (κ3) is 3.79.